The maximum absolute atomic E-state index is 13.1. The molecular weight excluding hydrogens is 209 g/mol. The first-order valence-corrected chi connectivity index (χ1v) is 4.40. The number of carbonyl (C=O) groups is 1. The summed E-state index contributed by atoms with van der Waals surface area (Å²) in [5.74, 6) is -0.932. The topological polar surface area (TPSA) is 38.3 Å². The number of amides is 1. The third kappa shape index (κ3) is 2.60. The van der Waals surface area contributed by atoms with Crippen LogP contribution < -0.4 is 10.1 Å². The minimum absolute atomic E-state index is 0.133. The van der Waals surface area contributed by atoms with Gasteiger partial charge < -0.3 is 10.1 Å². The van der Waals surface area contributed by atoms with E-state index in [4.69, 9.17) is 16.3 Å². The maximum atomic E-state index is 13.1. The number of anilines is 1. The lowest BCUT2D eigenvalue weighted by atomic mass is 10.3. The van der Waals surface area contributed by atoms with Crippen molar-refractivity contribution in [3.63, 3.8) is 0 Å². The monoisotopic (exact) mass is 217 g/mol. The van der Waals surface area contributed by atoms with Crippen molar-refractivity contribution in [3.8, 4) is 5.75 Å². The van der Waals surface area contributed by atoms with Gasteiger partial charge in [0.25, 0.3) is 0 Å². The summed E-state index contributed by atoms with van der Waals surface area (Å²) < 4.78 is 17.8. The Morgan fingerprint density at radius 1 is 1.64 bits per heavy atom. The molecule has 1 amide bonds. The molecule has 3 nitrogen and oxygen atoms in total. The molecular formula is C9H9ClFNO2. The molecule has 0 spiro atoms. The summed E-state index contributed by atoms with van der Waals surface area (Å²) in [6, 6.07) is 4.13. The van der Waals surface area contributed by atoms with Crippen LogP contribution in [0.4, 0.5) is 10.1 Å². The lowest BCUT2D eigenvalue weighted by molar-refractivity contribution is -0.113. The molecule has 0 aliphatic carbocycles. The fraction of sp³-hybridized carbons (Fsp3) is 0.222. The van der Waals surface area contributed by atoms with Gasteiger partial charge in [-0.2, -0.15) is 0 Å². The van der Waals surface area contributed by atoms with E-state index in [1.165, 1.54) is 25.3 Å². The van der Waals surface area contributed by atoms with E-state index in [-0.39, 0.29) is 17.5 Å². The molecule has 0 aliphatic heterocycles. The lowest BCUT2D eigenvalue weighted by Gasteiger charge is -2.05. The largest absolute Gasteiger partial charge is 0.494 e. The highest BCUT2D eigenvalue weighted by Crippen LogP contribution is 2.20. The average Bonchev–Trinajstić information content (AvgIpc) is 2.18. The van der Waals surface area contributed by atoms with E-state index in [0.717, 1.165) is 0 Å². The van der Waals surface area contributed by atoms with Gasteiger partial charge in [0.05, 0.1) is 7.11 Å². The zero-order chi connectivity index (χ0) is 10.6. The first-order valence-electron chi connectivity index (χ1n) is 3.86. The Bertz CT molecular complexity index is 344. The Labute approximate surface area is 85.8 Å². The van der Waals surface area contributed by atoms with Crippen LogP contribution in [0.15, 0.2) is 18.2 Å². The number of halogens is 2. The number of benzene rings is 1. The Hall–Kier alpha value is -1.29. The summed E-state index contributed by atoms with van der Waals surface area (Å²) >= 11 is 5.27. The van der Waals surface area contributed by atoms with Crippen molar-refractivity contribution in [1.29, 1.82) is 0 Å². The van der Waals surface area contributed by atoms with Crippen molar-refractivity contribution in [2.24, 2.45) is 0 Å². The van der Waals surface area contributed by atoms with Gasteiger partial charge in [-0.3, -0.25) is 4.79 Å². The molecule has 0 bridgehead atoms. The van der Waals surface area contributed by atoms with Gasteiger partial charge in [-0.05, 0) is 12.1 Å². The molecule has 1 N–H and O–H groups in total. The second kappa shape index (κ2) is 4.81. The molecule has 14 heavy (non-hydrogen) atoms. The van der Waals surface area contributed by atoms with Gasteiger partial charge in [0.15, 0.2) is 11.6 Å². The number of hydrogen-bond donors (Lipinski definition) is 1. The highest BCUT2D eigenvalue weighted by Gasteiger charge is 2.05. The summed E-state index contributed by atoms with van der Waals surface area (Å²) in [5.41, 5.74) is 0.356. The number of nitrogens with one attached hydrogen (secondary N) is 1. The average molecular weight is 218 g/mol. The smallest absolute Gasteiger partial charge is 0.239 e. The molecule has 0 unspecified atom stereocenters. The summed E-state index contributed by atoms with van der Waals surface area (Å²) in [6.45, 7) is 0. The minimum Gasteiger partial charge on any atom is -0.494 e. The van der Waals surface area contributed by atoms with Gasteiger partial charge in [0, 0.05) is 11.8 Å². The van der Waals surface area contributed by atoms with Crippen molar-refractivity contribution in [2.75, 3.05) is 18.3 Å². The SMILES string of the molecule is COc1ccc(NC(=O)CCl)cc1F. The van der Waals surface area contributed by atoms with Crippen molar-refractivity contribution >= 4 is 23.2 Å². The van der Waals surface area contributed by atoms with Crippen molar-refractivity contribution in [1.82, 2.24) is 0 Å². The first kappa shape index (κ1) is 10.8. The number of methoxy groups -OCH3 is 1. The van der Waals surface area contributed by atoms with Gasteiger partial charge in [-0.1, -0.05) is 0 Å². The molecule has 0 aliphatic rings. The summed E-state index contributed by atoms with van der Waals surface area (Å²) in [6.07, 6.45) is 0. The van der Waals surface area contributed by atoms with E-state index in [2.05, 4.69) is 5.32 Å². The zero-order valence-corrected chi connectivity index (χ0v) is 8.27. The van der Waals surface area contributed by atoms with E-state index in [9.17, 15) is 9.18 Å². The quantitative estimate of drug-likeness (QED) is 0.787. The zero-order valence-electron chi connectivity index (χ0n) is 7.51. The van der Waals surface area contributed by atoms with Crippen LogP contribution in [0.25, 0.3) is 0 Å². The fourth-order valence-electron chi connectivity index (χ4n) is 0.939. The number of rotatable bonds is 3. The molecule has 0 radical (unpaired) electrons. The lowest BCUT2D eigenvalue weighted by Crippen LogP contribution is -2.12. The second-order valence-electron chi connectivity index (χ2n) is 2.53. The molecule has 76 valence electrons. The van der Waals surface area contributed by atoms with E-state index in [1.54, 1.807) is 0 Å². The Morgan fingerprint density at radius 2 is 2.36 bits per heavy atom. The van der Waals surface area contributed by atoms with Crippen molar-refractivity contribution < 1.29 is 13.9 Å². The third-order valence-electron chi connectivity index (χ3n) is 1.56. The Morgan fingerprint density at radius 3 is 2.86 bits per heavy atom. The van der Waals surface area contributed by atoms with E-state index < -0.39 is 5.82 Å². The number of carbonyl (C=O) groups excluding carboxylic acids is 1. The van der Waals surface area contributed by atoms with Gasteiger partial charge in [0.1, 0.15) is 5.88 Å². The van der Waals surface area contributed by atoms with Crippen LogP contribution in [0.2, 0.25) is 0 Å². The molecule has 0 atom stereocenters. The molecule has 0 aromatic heterocycles. The normalized spacial score (nSPS) is 9.64. The molecule has 1 aromatic rings. The minimum atomic E-state index is -0.528. The van der Waals surface area contributed by atoms with Crippen LogP contribution in [0, 0.1) is 5.82 Å². The fourth-order valence-corrected chi connectivity index (χ4v) is 1.01. The molecule has 5 heteroatoms. The van der Waals surface area contributed by atoms with Gasteiger partial charge in [-0.15, -0.1) is 11.6 Å². The number of ether oxygens (including phenoxy) is 1. The van der Waals surface area contributed by atoms with E-state index in [1.807, 2.05) is 0 Å². The molecule has 0 heterocycles. The molecule has 1 aromatic carbocycles. The molecule has 1 rings (SSSR count). The van der Waals surface area contributed by atoms with Crippen molar-refractivity contribution in [3.05, 3.63) is 24.0 Å². The highest BCUT2D eigenvalue weighted by atomic mass is 35.5. The van der Waals surface area contributed by atoms with Crippen LogP contribution in [-0.2, 0) is 4.79 Å². The van der Waals surface area contributed by atoms with Gasteiger partial charge in [-0.25, -0.2) is 4.39 Å². The molecule has 0 saturated heterocycles. The Balaban J connectivity index is 2.81. The van der Waals surface area contributed by atoms with Crippen LogP contribution >= 0.6 is 11.6 Å². The van der Waals surface area contributed by atoms with Crippen LogP contribution in [0.1, 0.15) is 0 Å². The summed E-state index contributed by atoms with van der Waals surface area (Å²) in [4.78, 5) is 10.9. The van der Waals surface area contributed by atoms with E-state index >= 15 is 0 Å². The Kier molecular flexibility index (Phi) is 3.71. The van der Waals surface area contributed by atoms with Crippen molar-refractivity contribution in [2.45, 2.75) is 0 Å². The standard InChI is InChI=1S/C9H9ClFNO2/c1-14-8-3-2-6(4-7(8)11)12-9(13)5-10/h2-4H,5H2,1H3,(H,12,13). The van der Waals surface area contributed by atoms with Crippen LogP contribution in [-0.4, -0.2) is 18.9 Å². The maximum Gasteiger partial charge on any atom is 0.239 e. The number of alkyl halides is 1. The van der Waals surface area contributed by atoms with Crippen LogP contribution in [0.3, 0.4) is 0 Å². The van der Waals surface area contributed by atoms with Crippen LogP contribution in [0.5, 0.6) is 5.75 Å². The first-order chi connectivity index (χ1) is 6.67. The third-order valence-corrected chi connectivity index (χ3v) is 1.80. The second-order valence-corrected chi connectivity index (χ2v) is 2.80. The van der Waals surface area contributed by atoms with Gasteiger partial charge in [0.2, 0.25) is 5.91 Å². The molecule has 0 saturated carbocycles. The number of hydrogen-bond acceptors (Lipinski definition) is 2. The summed E-state index contributed by atoms with van der Waals surface area (Å²) in [5, 5.41) is 2.42. The summed E-state index contributed by atoms with van der Waals surface area (Å²) in [7, 11) is 1.37. The molecule has 0 fully saturated rings. The predicted octanol–water partition coefficient (Wildman–Crippen LogP) is 2.01. The highest BCUT2D eigenvalue weighted by molar-refractivity contribution is 6.29. The predicted molar refractivity (Wildman–Crippen MR) is 52.3 cm³/mol. The van der Waals surface area contributed by atoms with Gasteiger partial charge >= 0.3 is 0 Å². The van der Waals surface area contributed by atoms with E-state index in [0.29, 0.717) is 5.69 Å².